The zero-order chi connectivity index (χ0) is 18.5. The number of amides is 3. The maximum absolute atomic E-state index is 12.7. The number of ether oxygens (including phenoxy) is 2. The van der Waals surface area contributed by atoms with Crippen LogP contribution in [0.1, 0.15) is 40.0 Å². The summed E-state index contributed by atoms with van der Waals surface area (Å²) in [5.41, 5.74) is 4.40. The molecule has 9 nitrogen and oxygen atoms in total. The molecule has 1 aliphatic rings. The molecule has 0 bridgehead atoms. The van der Waals surface area contributed by atoms with E-state index in [-0.39, 0.29) is 6.42 Å². The van der Waals surface area contributed by atoms with Crippen molar-refractivity contribution in [2.75, 3.05) is 13.7 Å². The Morgan fingerprint density at radius 1 is 1.29 bits per heavy atom. The van der Waals surface area contributed by atoms with E-state index in [9.17, 15) is 19.2 Å². The monoisotopic (exact) mass is 343 g/mol. The van der Waals surface area contributed by atoms with Gasteiger partial charge in [-0.1, -0.05) is 0 Å². The standard InChI is InChI=1S/C15H25N3O6/c1-15(2,3)24-14(22)17-9(8-11(16)19)12(20)18-7-5-6-10(18)13(21)23-4/h9-10H,5-8H2,1-4H3,(H2,16,19)(H,17,22)/t9-,10-/m0/s1. The van der Waals surface area contributed by atoms with E-state index in [0.29, 0.717) is 19.4 Å². The number of nitrogens with two attached hydrogens (primary N) is 1. The smallest absolute Gasteiger partial charge is 0.408 e. The topological polar surface area (TPSA) is 128 Å². The first-order chi connectivity index (χ1) is 11.0. The Balaban J connectivity index is 2.86. The lowest BCUT2D eigenvalue weighted by atomic mass is 10.1. The van der Waals surface area contributed by atoms with Crippen molar-refractivity contribution in [3.8, 4) is 0 Å². The summed E-state index contributed by atoms with van der Waals surface area (Å²) in [6.07, 6.45) is -0.131. The molecule has 0 radical (unpaired) electrons. The number of esters is 1. The Morgan fingerprint density at radius 2 is 1.92 bits per heavy atom. The lowest BCUT2D eigenvalue weighted by Gasteiger charge is -2.28. The molecule has 1 fully saturated rings. The van der Waals surface area contributed by atoms with Gasteiger partial charge in [0.05, 0.1) is 13.5 Å². The van der Waals surface area contributed by atoms with Gasteiger partial charge in [0.25, 0.3) is 0 Å². The Kier molecular flexibility index (Phi) is 6.56. The molecule has 0 saturated carbocycles. The number of alkyl carbamates (subject to hydrolysis) is 1. The van der Waals surface area contributed by atoms with Gasteiger partial charge in [0, 0.05) is 6.54 Å². The SMILES string of the molecule is COC(=O)[C@@H]1CCCN1C(=O)[C@H](CC(N)=O)NC(=O)OC(C)(C)C. The number of rotatable bonds is 5. The Labute approximate surface area is 140 Å². The predicted molar refractivity (Wildman–Crippen MR) is 83.7 cm³/mol. The summed E-state index contributed by atoms with van der Waals surface area (Å²) in [6, 6.07) is -1.92. The van der Waals surface area contributed by atoms with Crippen LogP contribution in [0.2, 0.25) is 0 Å². The Morgan fingerprint density at radius 3 is 2.42 bits per heavy atom. The molecule has 24 heavy (non-hydrogen) atoms. The summed E-state index contributed by atoms with van der Waals surface area (Å²) in [5, 5.41) is 2.35. The summed E-state index contributed by atoms with van der Waals surface area (Å²) < 4.78 is 9.78. The van der Waals surface area contributed by atoms with Crippen LogP contribution < -0.4 is 11.1 Å². The summed E-state index contributed by atoms with van der Waals surface area (Å²) in [6.45, 7) is 5.35. The van der Waals surface area contributed by atoms with Gasteiger partial charge in [0.2, 0.25) is 11.8 Å². The van der Waals surface area contributed by atoms with Crippen molar-refractivity contribution in [2.24, 2.45) is 5.73 Å². The molecule has 0 aliphatic carbocycles. The van der Waals surface area contributed by atoms with Crippen molar-refractivity contribution in [1.82, 2.24) is 10.2 Å². The Bertz CT molecular complexity index is 514. The third-order valence-electron chi connectivity index (χ3n) is 3.40. The van der Waals surface area contributed by atoms with Crippen molar-refractivity contribution >= 4 is 23.9 Å². The fourth-order valence-electron chi connectivity index (χ4n) is 2.46. The zero-order valence-electron chi connectivity index (χ0n) is 14.5. The molecule has 0 spiro atoms. The number of carbonyl (C=O) groups excluding carboxylic acids is 4. The summed E-state index contributed by atoms with van der Waals surface area (Å²) in [4.78, 5) is 48.8. The average Bonchev–Trinajstić information content (AvgIpc) is 2.91. The molecule has 1 aliphatic heterocycles. The first-order valence-corrected chi connectivity index (χ1v) is 7.71. The van der Waals surface area contributed by atoms with E-state index in [1.165, 1.54) is 12.0 Å². The van der Waals surface area contributed by atoms with Gasteiger partial charge < -0.3 is 25.4 Å². The highest BCUT2D eigenvalue weighted by Gasteiger charge is 2.39. The second kappa shape index (κ2) is 7.98. The Hall–Kier alpha value is -2.32. The van der Waals surface area contributed by atoms with Crippen LogP contribution in [0.5, 0.6) is 0 Å². The van der Waals surface area contributed by atoms with Crippen LogP contribution in [0.25, 0.3) is 0 Å². The van der Waals surface area contributed by atoms with Crippen LogP contribution in [0.4, 0.5) is 4.79 Å². The van der Waals surface area contributed by atoms with Crippen LogP contribution in [-0.2, 0) is 23.9 Å². The molecule has 1 saturated heterocycles. The highest BCUT2D eigenvalue weighted by Crippen LogP contribution is 2.20. The normalized spacial score (nSPS) is 18.7. The molecule has 9 heteroatoms. The van der Waals surface area contributed by atoms with Gasteiger partial charge in [-0.25, -0.2) is 9.59 Å². The van der Waals surface area contributed by atoms with Crippen LogP contribution >= 0.6 is 0 Å². The van der Waals surface area contributed by atoms with Gasteiger partial charge in [-0.3, -0.25) is 9.59 Å². The van der Waals surface area contributed by atoms with Gasteiger partial charge in [-0.15, -0.1) is 0 Å². The minimum Gasteiger partial charge on any atom is -0.467 e. The van der Waals surface area contributed by atoms with Crippen molar-refractivity contribution in [1.29, 1.82) is 0 Å². The molecule has 0 unspecified atom stereocenters. The van der Waals surface area contributed by atoms with E-state index >= 15 is 0 Å². The quantitative estimate of drug-likeness (QED) is 0.672. The maximum atomic E-state index is 12.7. The van der Waals surface area contributed by atoms with E-state index < -0.39 is 41.6 Å². The molecule has 136 valence electrons. The van der Waals surface area contributed by atoms with Crippen LogP contribution in [0, 0.1) is 0 Å². The van der Waals surface area contributed by atoms with Crippen molar-refractivity contribution in [3.63, 3.8) is 0 Å². The van der Waals surface area contributed by atoms with Crippen molar-refractivity contribution in [2.45, 2.75) is 57.7 Å². The molecule has 3 N–H and O–H groups in total. The molecular weight excluding hydrogens is 318 g/mol. The number of likely N-dealkylation sites (tertiary alicyclic amines) is 1. The maximum Gasteiger partial charge on any atom is 0.408 e. The molecular formula is C15H25N3O6. The fourth-order valence-corrected chi connectivity index (χ4v) is 2.46. The molecule has 3 amide bonds. The van der Waals surface area contributed by atoms with Crippen LogP contribution in [0.15, 0.2) is 0 Å². The van der Waals surface area contributed by atoms with E-state index in [1.807, 2.05) is 0 Å². The van der Waals surface area contributed by atoms with Gasteiger partial charge in [-0.2, -0.15) is 0 Å². The molecule has 1 heterocycles. The lowest BCUT2D eigenvalue weighted by Crippen LogP contribution is -2.53. The first-order valence-electron chi connectivity index (χ1n) is 7.71. The van der Waals surface area contributed by atoms with E-state index in [0.717, 1.165) is 0 Å². The number of nitrogens with one attached hydrogen (secondary N) is 1. The molecule has 2 atom stereocenters. The van der Waals surface area contributed by atoms with Crippen molar-refractivity contribution < 1.29 is 28.7 Å². The van der Waals surface area contributed by atoms with Gasteiger partial charge in [0.1, 0.15) is 17.7 Å². The fraction of sp³-hybridized carbons (Fsp3) is 0.733. The minimum absolute atomic E-state index is 0.337. The number of primary amides is 1. The molecule has 0 aromatic carbocycles. The van der Waals surface area contributed by atoms with E-state index in [4.69, 9.17) is 10.5 Å². The highest BCUT2D eigenvalue weighted by molar-refractivity contribution is 5.93. The lowest BCUT2D eigenvalue weighted by molar-refractivity contribution is -0.151. The molecule has 1 rings (SSSR count). The van der Waals surface area contributed by atoms with E-state index in [2.05, 4.69) is 10.1 Å². The second-order valence-corrected chi connectivity index (χ2v) is 6.58. The zero-order valence-corrected chi connectivity index (χ0v) is 14.5. The summed E-state index contributed by atoms with van der Waals surface area (Å²) in [5.74, 6) is -1.85. The minimum atomic E-state index is -1.19. The molecule has 0 aromatic rings. The predicted octanol–water partition coefficient (Wildman–Crippen LogP) is -0.0809. The van der Waals surface area contributed by atoms with Gasteiger partial charge >= 0.3 is 12.1 Å². The van der Waals surface area contributed by atoms with Crippen LogP contribution in [0.3, 0.4) is 0 Å². The number of methoxy groups -OCH3 is 1. The number of nitrogens with zero attached hydrogens (tertiary/aromatic N) is 1. The van der Waals surface area contributed by atoms with Crippen molar-refractivity contribution in [3.05, 3.63) is 0 Å². The van der Waals surface area contributed by atoms with Gasteiger partial charge in [-0.05, 0) is 33.6 Å². The molecule has 0 aromatic heterocycles. The summed E-state index contributed by atoms with van der Waals surface area (Å²) >= 11 is 0. The van der Waals surface area contributed by atoms with Crippen LogP contribution in [-0.4, -0.2) is 60.1 Å². The number of hydrogen-bond donors (Lipinski definition) is 2. The third-order valence-corrected chi connectivity index (χ3v) is 3.40. The largest absolute Gasteiger partial charge is 0.467 e. The highest BCUT2D eigenvalue weighted by atomic mass is 16.6. The third kappa shape index (κ3) is 5.71. The first kappa shape index (κ1) is 19.7. The van der Waals surface area contributed by atoms with Gasteiger partial charge in [0.15, 0.2) is 0 Å². The average molecular weight is 343 g/mol. The van der Waals surface area contributed by atoms with E-state index in [1.54, 1.807) is 20.8 Å². The summed E-state index contributed by atoms with van der Waals surface area (Å²) in [7, 11) is 1.24. The number of carbonyl (C=O) groups is 4. The second-order valence-electron chi connectivity index (χ2n) is 6.58. The number of hydrogen-bond acceptors (Lipinski definition) is 6.